The lowest BCUT2D eigenvalue weighted by molar-refractivity contribution is 0.0182. The van der Waals surface area contributed by atoms with E-state index in [4.69, 9.17) is 14.9 Å². The highest BCUT2D eigenvalue weighted by molar-refractivity contribution is 4.66. The zero-order chi connectivity index (χ0) is 8.81. The molecule has 1 fully saturated rings. The number of hydrogen-bond acceptors (Lipinski definition) is 4. The molecule has 4 heteroatoms. The van der Waals surface area contributed by atoms with Crippen molar-refractivity contribution in [2.45, 2.75) is 0 Å². The summed E-state index contributed by atoms with van der Waals surface area (Å²) in [5.41, 5.74) is 0. The number of ether oxygens (including phenoxy) is 1. The number of hydrogen-bond donors (Lipinski definition) is 2. The van der Waals surface area contributed by atoms with Crippen LogP contribution in [-0.4, -0.2) is 61.2 Å². The highest BCUT2D eigenvalue weighted by atomic mass is 16.5. The lowest BCUT2D eigenvalue weighted by Crippen LogP contribution is -2.40. The molecule has 1 heterocycles. The van der Waals surface area contributed by atoms with E-state index in [1.165, 1.54) is 0 Å². The van der Waals surface area contributed by atoms with Gasteiger partial charge >= 0.3 is 0 Å². The van der Waals surface area contributed by atoms with E-state index in [1.807, 2.05) is 0 Å². The molecule has 0 aromatic heterocycles. The Bertz CT molecular complexity index is 111. The zero-order valence-electron chi connectivity index (χ0n) is 7.28. The Morgan fingerprint density at radius 2 is 1.75 bits per heavy atom. The van der Waals surface area contributed by atoms with Gasteiger partial charge in [-0.15, -0.1) is 0 Å². The third-order valence-electron chi connectivity index (χ3n) is 2.14. The van der Waals surface area contributed by atoms with E-state index in [1.54, 1.807) is 0 Å². The summed E-state index contributed by atoms with van der Waals surface area (Å²) in [6.45, 7) is 4.26. The van der Waals surface area contributed by atoms with Gasteiger partial charge < -0.3 is 14.9 Å². The number of rotatable bonds is 4. The van der Waals surface area contributed by atoms with Crippen molar-refractivity contribution in [3.05, 3.63) is 0 Å². The number of aliphatic hydroxyl groups is 2. The van der Waals surface area contributed by atoms with Gasteiger partial charge in [-0.1, -0.05) is 0 Å². The molecule has 0 amide bonds. The lowest BCUT2D eigenvalue weighted by Gasteiger charge is -2.29. The first-order valence-electron chi connectivity index (χ1n) is 4.38. The minimum Gasteiger partial charge on any atom is -0.396 e. The second-order valence-electron chi connectivity index (χ2n) is 3.14. The molecule has 1 rings (SSSR count). The topological polar surface area (TPSA) is 52.9 Å². The van der Waals surface area contributed by atoms with Crippen molar-refractivity contribution in [2.24, 2.45) is 5.92 Å². The molecule has 0 atom stereocenters. The van der Waals surface area contributed by atoms with Gasteiger partial charge in [0.25, 0.3) is 0 Å². The Hall–Kier alpha value is -0.160. The van der Waals surface area contributed by atoms with Crippen LogP contribution >= 0.6 is 0 Å². The Kier molecular flexibility index (Phi) is 4.53. The van der Waals surface area contributed by atoms with Crippen molar-refractivity contribution < 1.29 is 14.9 Å². The van der Waals surface area contributed by atoms with E-state index in [0.29, 0.717) is 0 Å². The summed E-state index contributed by atoms with van der Waals surface area (Å²) in [6.07, 6.45) is 0. The van der Waals surface area contributed by atoms with Gasteiger partial charge in [0.15, 0.2) is 0 Å². The van der Waals surface area contributed by atoms with Crippen LogP contribution in [0.1, 0.15) is 0 Å². The van der Waals surface area contributed by atoms with Crippen LogP contribution in [0.25, 0.3) is 0 Å². The fourth-order valence-corrected chi connectivity index (χ4v) is 1.32. The maximum atomic E-state index is 8.84. The van der Waals surface area contributed by atoms with Gasteiger partial charge in [-0.2, -0.15) is 0 Å². The Labute approximate surface area is 72.7 Å². The van der Waals surface area contributed by atoms with Crippen LogP contribution in [0.2, 0.25) is 0 Å². The maximum absolute atomic E-state index is 8.84. The van der Waals surface area contributed by atoms with Crippen molar-refractivity contribution in [1.29, 1.82) is 0 Å². The van der Waals surface area contributed by atoms with Crippen molar-refractivity contribution in [3.8, 4) is 0 Å². The Morgan fingerprint density at radius 1 is 1.17 bits per heavy atom. The number of morpholine rings is 1. The van der Waals surface area contributed by atoms with Crippen LogP contribution in [0.15, 0.2) is 0 Å². The van der Waals surface area contributed by atoms with Gasteiger partial charge in [0.05, 0.1) is 13.2 Å². The minimum atomic E-state index is 0.00287. The van der Waals surface area contributed by atoms with Gasteiger partial charge in [-0.3, -0.25) is 4.90 Å². The molecule has 0 unspecified atom stereocenters. The first-order chi connectivity index (χ1) is 5.86. The summed E-state index contributed by atoms with van der Waals surface area (Å²) in [6, 6.07) is 0. The summed E-state index contributed by atoms with van der Waals surface area (Å²) in [5, 5.41) is 17.7. The van der Waals surface area contributed by atoms with Crippen LogP contribution in [0.5, 0.6) is 0 Å². The predicted octanol–water partition coefficient (Wildman–Crippen LogP) is -1.08. The first kappa shape index (κ1) is 9.92. The molecular formula is C8H17NO3. The monoisotopic (exact) mass is 175 g/mol. The summed E-state index contributed by atoms with van der Waals surface area (Å²) in [7, 11) is 0. The summed E-state index contributed by atoms with van der Waals surface area (Å²) >= 11 is 0. The van der Waals surface area contributed by atoms with E-state index in [-0.39, 0.29) is 19.1 Å². The maximum Gasteiger partial charge on any atom is 0.0594 e. The minimum absolute atomic E-state index is 0.00287. The number of nitrogens with zero attached hydrogens (tertiary/aromatic N) is 1. The molecule has 12 heavy (non-hydrogen) atoms. The molecule has 2 N–H and O–H groups in total. The van der Waals surface area contributed by atoms with Crippen LogP contribution < -0.4 is 0 Å². The molecule has 72 valence electrons. The van der Waals surface area contributed by atoms with Crippen LogP contribution in [0.3, 0.4) is 0 Å². The molecule has 0 aromatic carbocycles. The van der Waals surface area contributed by atoms with Gasteiger partial charge in [0.1, 0.15) is 0 Å². The van der Waals surface area contributed by atoms with Crippen molar-refractivity contribution in [1.82, 2.24) is 4.90 Å². The first-order valence-corrected chi connectivity index (χ1v) is 4.38. The average Bonchev–Trinajstić information content (AvgIpc) is 2.16. The second kappa shape index (κ2) is 5.48. The summed E-state index contributed by atoms with van der Waals surface area (Å²) in [4.78, 5) is 2.21. The molecule has 0 bridgehead atoms. The van der Waals surface area contributed by atoms with Crippen molar-refractivity contribution >= 4 is 0 Å². The highest BCUT2D eigenvalue weighted by Gasteiger charge is 2.14. The standard InChI is InChI=1S/C8H17NO3/c10-6-8(7-11)5-9-1-3-12-4-2-9/h8,10-11H,1-7H2. The van der Waals surface area contributed by atoms with Crippen LogP contribution in [0, 0.1) is 5.92 Å². The molecule has 0 aliphatic carbocycles. The quantitative estimate of drug-likeness (QED) is 0.570. The average molecular weight is 175 g/mol. The van der Waals surface area contributed by atoms with E-state index >= 15 is 0 Å². The van der Waals surface area contributed by atoms with Gasteiger partial charge in [-0.25, -0.2) is 0 Å². The van der Waals surface area contributed by atoms with E-state index in [9.17, 15) is 0 Å². The summed E-state index contributed by atoms with van der Waals surface area (Å²) < 4.78 is 5.18. The van der Waals surface area contributed by atoms with E-state index < -0.39 is 0 Å². The van der Waals surface area contributed by atoms with E-state index in [2.05, 4.69) is 4.90 Å². The van der Waals surface area contributed by atoms with Crippen LogP contribution in [0.4, 0.5) is 0 Å². The summed E-state index contributed by atoms with van der Waals surface area (Å²) in [5.74, 6) is 0.00287. The van der Waals surface area contributed by atoms with Gasteiger partial charge in [0, 0.05) is 38.8 Å². The largest absolute Gasteiger partial charge is 0.396 e. The molecule has 1 saturated heterocycles. The third kappa shape index (κ3) is 3.06. The smallest absolute Gasteiger partial charge is 0.0594 e. The van der Waals surface area contributed by atoms with Crippen molar-refractivity contribution in [2.75, 3.05) is 46.1 Å². The Balaban J connectivity index is 2.18. The molecule has 0 spiro atoms. The van der Waals surface area contributed by atoms with E-state index in [0.717, 1.165) is 32.8 Å². The van der Waals surface area contributed by atoms with Crippen molar-refractivity contribution in [3.63, 3.8) is 0 Å². The molecule has 4 nitrogen and oxygen atoms in total. The van der Waals surface area contributed by atoms with Gasteiger partial charge in [0.2, 0.25) is 0 Å². The molecule has 1 aliphatic heterocycles. The fourth-order valence-electron chi connectivity index (χ4n) is 1.32. The molecule has 0 aromatic rings. The van der Waals surface area contributed by atoms with Gasteiger partial charge in [-0.05, 0) is 0 Å². The molecular weight excluding hydrogens is 158 g/mol. The Morgan fingerprint density at radius 3 is 2.25 bits per heavy atom. The predicted molar refractivity (Wildman–Crippen MR) is 44.9 cm³/mol. The number of aliphatic hydroxyl groups excluding tert-OH is 2. The molecule has 0 saturated carbocycles. The highest BCUT2D eigenvalue weighted by Crippen LogP contribution is 2.02. The second-order valence-corrected chi connectivity index (χ2v) is 3.14. The normalized spacial score (nSPS) is 20.2. The van der Waals surface area contributed by atoms with Crippen LogP contribution in [-0.2, 0) is 4.74 Å². The third-order valence-corrected chi connectivity index (χ3v) is 2.14. The fraction of sp³-hybridized carbons (Fsp3) is 1.00. The SMILES string of the molecule is OCC(CO)CN1CCOCC1. The molecule has 0 radical (unpaired) electrons. The zero-order valence-corrected chi connectivity index (χ0v) is 7.28. The lowest BCUT2D eigenvalue weighted by atomic mass is 10.1. The molecule has 1 aliphatic rings.